The van der Waals surface area contributed by atoms with Crippen molar-refractivity contribution in [3.63, 3.8) is 0 Å². The fraction of sp³-hybridized carbons (Fsp3) is 0.0952. The SMILES string of the molecule is COc1ccc(OC)c(NS(=O)(=O)c2ccc(NC(=O)c3ccccc3Cl)cc2)c1. The van der Waals surface area contributed by atoms with Crippen LogP contribution in [-0.2, 0) is 10.0 Å². The minimum atomic E-state index is -3.89. The van der Waals surface area contributed by atoms with Gasteiger partial charge in [0.25, 0.3) is 15.9 Å². The van der Waals surface area contributed by atoms with E-state index in [1.54, 1.807) is 36.4 Å². The highest BCUT2D eigenvalue weighted by molar-refractivity contribution is 7.92. The third-order valence-corrected chi connectivity index (χ3v) is 5.90. The van der Waals surface area contributed by atoms with E-state index < -0.39 is 15.9 Å². The van der Waals surface area contributed by atoms with E-state index in [2.05, 4.69) is 10.0 Å². The molecule has 0 radical (unpaired) electrons. The molecule has 0 aliphatic carbocycles. The third kappa shape index (κ3) is 4.84. The zero-order chi connectivity index (χ0) is 21.7. The van der Waals surface area contributed by atoms with Gasteiger partial charge in [0, 0.05) is 11.8 Å². The molecule has 0 aliphatic heterocycles. The van der Waals surface area contributed by atoms with E-state index in [1.165, 1.54) is 44.6 Å². The highest BCUT2D eigenvalue weighted by Gasteiger charge is 2.18. The molecule has 0 heterocycles. The van der Waals surface area contributed by atoms with Crippen LogP contribution < -0.4 is 19.5 Å². The van der Waals surface area contributed by atoms with Gasteiger partial charge in [-0.05, 0) is 48.5 Å². The number of hydrogen-bond donors (Lipinski definition) is 2. The van der Waals surface area contributed by atoms with E-state index in [4.69, 9.17) is 21.1 Å². The Morgan fingerprint density at radius 3 is 2.27 bits per heavy atom. The van der Waals surface area contributed by atoms with E-state index in [0.717, 1.165) is 0 Å². The van der Waals surface area contributed by atoms with Gasteiger partial charge in [0.15, 0.2) is 0 Å². The van der Waals surface area contributed by atoms with Crippen LogP contribution in [0, 0.1) is 0 Å². The Hall–Kier alpha value is -3.23. The molecule has 0 saturated heterocycles. The number of ether oxygens (including phenoxy) is 2. The molecular formula is C21H19ClN2O5S. The van der Waals surface area contributed by atoms with Crippen molar-refractivity contribution in [3.05, 3.63) is 77.3 Å². The largest absolute Gasteiger partial charge is 0.497 e. The molecule has 3 rings (SSSR count). The average molecular weight is 447 g/mol. The van der Waals surface area contributed by atoms with Gasteiger partial charge in [-0.2, -0.15) is 0 Å². The van der Waals surface area contributed by atoms with Crippen LogP contribution in [0.1, 0.15) is 10.4 Å². The number of benzene rings is 3. The zero-order valence-electron chi connectivity index (χ0n) is 16.2. The van der Waals surface area contributed by atoms with Crippen LogP contribution in [0.5, 0.6) is 11.5 Å². The Morgan fingerprint density at radius 1 is 0.933 bits per heavy atom. The molecule has 2 N–H and O–H groups in total. The van der Waals surface area contributed by atoms with Gasteiger partial charge >= 0.3 is 0 Å². The number of hydrogen-bond acceptors (Lipinski definition) is 5. The van der Waals surface area contributed by atoms with Gasteiger partial charge < -0.3 is 14.8 Å². The summed E-state index contributed by atoms with van der Waals surface area (Å²) in [6.45, 7) is 0. The summed E-state index contributed by atoms with van der Waals surface area (Å²) in [5.74, 6) is 0.435. The van der Waals surface area contributed by atoms with E-state index in [-0.39, 0.29) is 10.6 Å². The van der Waals surface area contributed by atoms with Gasteiger partial charge in [-0.1, -0.05) is 23.7 Å². The number of carbonyl (C=O) groups excluding carboxylic acids is 1. The molecule has 1 amide bonds. The van der Waals surface area contributed by atoms with Crippen molar-refractivity contribution in [1.82, 2.24) is 0 Å². The van der Waals surface area contributed by atoms with Crippen molar-refractivity contribution >= 4 is 38.9 Å². The molecule has 0 aliphatic rings. The number of amides is 1. The third-order valence-electron chi connectivity index (χ3n) is 4.19. The summed E-state index contributed by atoms with van der Waals surface area (Å²) in [6.07, 6.45) is 0. The number of anilines is 2. The lowest BCUT2D eigenvalue weighted by Crippen LogP contribution is -2.15. The molecule has 7 nitrogen and oxygen atoms in total. The maximum absolute atomic E-state index is 12.8. The van der Waals surface area contributed by atoms with Gasteiger partial charge in [0.1, 0.15) is 11.5 Å². The molecule has 30 heavy (non-hydrogen) atoms. The van der Waals surface area contributed by atoms with E-state index in [1.807, 2.05) is 0 Å². The Morgan fingerprint density at radius 2 is 1.63 bits per heavy atom. The monoisotopic (exact) mass is 446 g/mol. The number of nitrogens with one attached hydrogen (secondary N) is 2. The fourth-order valence-electron chi connectivity index (χ4n) is 2.66. The second kappa shape index (κ2) is 9.06. The molecule has 9 heteroatoms. The zero-order valence-corrected chi connectivity index (χ0v) is 17.8. The molecule has 156 valence electrons. The topological polar surface area (TPSA) is 93.7 Å². The van der Waals surface area contributed by atoms with Crippen molar-refractivity contribution in [2.45, 2.75) is 4.90 Å². The number of methoxy groups -OCH3 is 2. The summed E-state index contributed by atoms with van der Waals surface area (Å²) in [4.78, 5) is 12.4. The van der Waals surface area contributed by atoms with Crippen LogP contribution in [-0.4, -0.2) is 28.5 Å². The van der Waals surface area contributed by atoms with Crippen LogP contribution >= 0.6 is 11.6 Å². The molecule has 0 unspecified atom stereocenters. The van der Waals surface area contributed by atoms with Crippen LogP contribution in [0.25, 0.3) is 0 Å². The maximum atomic E-state index is 12.8. The number of halogens is 1. The summed E-state index contributed by atoms with van der Waals surface area (Å²) in [5, 5.41) is 3.01. The number of rotatable bonds is 7. The van der Waals surface area contributed by atoms with Crippen molar-refractivity contribution in [3.8, 4) is 11.5 Å². The van der Waals surface area contributed by atoms with Gasteiger partial charge in [-0.25, -0.2) is 8.42 Å². The van der Waals surface area contributed by atoms with Crippen molar-refractivity contribution in [2.75, 3.05) is 24.3 Å². The summed E-state index contributed by atoms with van der Waals surface area (Å²) >= 11 is 6.03. The first-order valence-electron chi connectivity index (χ1n) is 8.75. The second-order valence-electron chi connectivity index (χ2n) is 6.13. The van der Waals surface area contributed by atoms with E-state index in [9.17, 15) is 13.2 Å². The van der Waals surface area contributed by atoms with E-state index >= 15 is 0 Å². The maximum Gasteiger partial charge on any atom is 0.262 e. The van der Waals surface area contributed by atoms with Crippen molar-refractivity contribution in [2.24, 2.45) is 0 Å². The summed E-state index contributed by atoms with van der Waals surface area (Å²) in [5.41, 5.74) is 0.994. The quantitative estimate of drug-likeness (QED) is 0.560. The smallest absolute Gasteiger partial charge is 0.262 e. The van der Waals surface area contributed by atoms with Crippen LogP contribution in [0.4, 0.5) is 11.4 Å². The first kappa shape index (κ1) is 21.5. The summed E-state index contributed by atoms with van der Waals surface area (Å²) < 4.78 is 38.3. The van der Waals surface area contributed by atoms with Gasteiger partial charge in [0.05, 0.1) is 35.4 Å². The summed E-state index contributed by atoms with van der Waals surface area (Å²) in [7, 11) is -0.972. The minimum absolute atomic E-state index is 0.0168. The highest BCUT2D eigenvalue weighted by Crippen LogP contribution is 2.31. The van der Waals surface area contributed by atoms with Gasteiger partial charge in [-0.15, -0.1) is 0 Å². The first-order valence-corrected chi connectivity index (χ1v) is 10.6. The van der Waals surface area contributed by atoms with Gasteiger partial charge in [-0.3, -0.25) is 9.52 Å². The van der Waals surface area contributed by atoms with Crippen molar-refractivity contribution < 1.29 is 22.7 Å². The second-order valence-corrected chi connectivity index (χ2v) is 8.22. The molecule has 0 fully saturated rings. The molecule has 3 aromatic rings. The number of sulfonamides is 1. The van der Waals surface area contributed by atoms with Crippen LogP contribution in [0.3, 0.4) is 0 Å². The normalized spacial score (nSPS) is 10.9. The molecule has 0 spiro atoms. The highest BCUT2D eigenvalue weighted by atomic mass is 35.5. The Balaban J connectivity index is 1.78. The predicted octanol–water partition coefficient (Wildman–Crippen LogP) is 4.41. The summed E-state index contributed by atoms with van der Waals surface area (Å²) in [6, 6.07) is 17.2. The predicted molar refractivity (Wildman–Crippen MR) is 116 cm³/mol. The van der Waals surface area contributed by atoms with Gasteiger partial charge in [0.2, 0.25) is 0 Å². The lowest BCUT2D eigenvalue weighted by Gasteiger charge is -2.13. The number of carbonyl (C=O) groups is 1. The molecule has 0 saturated carbocycles. The Kier molecular flexibility index (Phi) is 6.49. The molecule has 0 aromatic heterocycles. The molecule has 0 atom stereocenters. The minimum Gasteiger partial charge on any atom is -0.497 e. The van der Waals surface area contributed by atoms with Crippen LogP contribution in [0.15, 0.2) is 71.6 Å². The molecule has 3 aromatic carbocycles. The lowest BCUT2D eigenvalue weighted by atomic mass is 10.2. The Bertz CT molecular complexity index is 1160. The van der Waals surface area contributed by atoms with Crippen molar-refractivity contribution in [1.29, 1.82) is 0 Å². The molecule has 0 bridgehead atoms. The van der Waals surface area contributed by atoms with E-state index in [0.29, 0.717) is 27.8 Å². The first-order chi connectivity index (χ1) is 14.3. The standard InChI is InChI=1S/C21H19ClN2O5S/c1-28-15-9-12-20(29-2)19(13-15)24-30(26,27)16-10-7-14(8-11-16)23-21(25)17-5-3-4-6-18(17)22/h3-13,24H,1-2H3,(H,23,25). The Labute approximate surface area is 179 Å². The lowest BCUT2D eigenvalue weighted by molar-refractivity contribution is 0.102. The van der Waals surface area contributed by atoms with Crippen LogP contribution in [0.2, 0.25) is 5.02 Å². The molecular weight excluding hydrogens is 428 g/mol. The average Bonchev–Trinajstić information content (AvgIpc) is 2.74. The fourth-order valence-corrected chi connectivity index (χ4v) is 3.94.